The van der Waals surface area contributed by atoms with Crippen molar-refractivity contribution in [2.24, 2.45) is 5.92 Å². The van der Waals surface area contributed by atoms with Gasteiger partial charge in [0.1, 0.15) is 17.2 Å². The number of benzene rings is 2. The third kappa shape index (κ3) is 3.89. The highest BCUT2D eigenvalue weighted by Crippen LogP contribution is 2.39. The van der Waals surface area contributed by atoms with E-state index in [1.165, 1.54) is 23.9 Å². The minimum absolute atomic E-state index is 0.00514. The summed E-state index contributed by atoms with van der Waals surface area (Å²) in [5.74, 6) is -0.569. The number of aliphatic carboxylic acids is 1. The largest absolute Gasteiger partial charge is 0.480 e. The van der Waals surface area contributed by atoms with Gasteiger partial charge < -0.3 is 14.8 Å². The van der Waals surface area contributed by atoms with Gasteiger partial charge in [0.05, 0.1) is 4.90 Å². The molecule has 3 aromatic rings. The smallest absolute Gasteiger partial charge is 0.323 e. The van der Waals surface area contributed by atoms with Gasteiger partial charge in [-0.15, -0.1) is 0 Å². The Morgan fingerprint density at radius 2 is 1.88 bits per heavy atom. The van der Waals surface area contributed by atoms with Crippen LogP contribution in [0.15, 0.2) is 45.7 Å². The standard InChI is InChI=1S/C23H24N2O6S2/c1-23(2)20(22(27)28)25(9-10-32-23)33(29,30)15-6-8-18-17(12-15)16-7-5-14(11-19(16)31-18)24-21(26)13-3-4-13/h5-8,11-13,20H,3-4,9-10H2,1-2H3,(H,24,26)(H,27,28). The number of carboxylic acids is 1. The van der Waals surface area contributed by atoms with Gasteiger partial charge in [0.15, 0.2) is 0 Å². The molecular formula is C23H24N2O6S2. The van der Waals surface area contributed by atoms with Crippen LogP contribution in [0.4, 0.5) is 5.69 Å². The van der Waals surface area contributed by atoms with Gasteiger partial charge in [0.25, 0.3) is 0 Å². The van der Waals surface area contributed by atoms with E-state index in [-0.39, 0.29) is 23.3 Å². The van der Waals surface area contributed by atoms with Gasteiger partial charge >= 0.3 is 5.97 Å². The van der Waals surface area contributed by atoms with Crippen LogP contribution >= 0.6 is 11.8 Å². The fourth-order valence-corrected chi connectivity index (χ4v) is 7.48. The van der Waals surface area contributed by atoms with E-state index in [1.807, 2.05) is 0 Å². The molecular weight excluding hydrogens is 464 g/mol. The number of carbonyl (C=O) groups is 2. The number of anilines is 1. The zero-order valence-corrected chi connectivity index (χ0v) is 19.8. The Hall–Kier alpha value is -2.56. The minimum Gasteiger partial charge on any atom is -0.480 e. The Balaban J connectivity index is 1.53. The Bertz CT molecular complexity index is 1390. The van der Waals surface area contributed by atoms with E-state index in [1.54, 1.807) is 38.1 Å². The van der Waals surface area contributed by atoms with Crippen LogP contribution in [-0.4, -0.2) is 52.8 Å². The monoisotopic (exact) mass is 488 g/mol. The fraction of sp³-hybridized carbons (Fsp3) is 0.391. The minimum atomic E-state index is -4.05. The van der Waals surface area contributed by atoms with E-state index in [0.29, 0.717) is 28.0 Å². The van der Waals surface area contributed by atoms with E-state index in [0.717, 1.165) is 22.5 Å². The second kappa shape index (κ2) is 7.75. The highest BCUT2D eigenvalue weighted by atomic mass is 32.2. The third-order valence-corrected chi connectivity index (χ3v) is 9.45. The molecule has 1 unspecified atom stereocenters. The van der Waals surface area contributed by atoms with E-state index < -0.39 is 26.8 Å². The SMILES string of the molecule is CC1(C)SCCN(S(=O)(=O)c2ccc3oc4cc(NC(=O)C5CC5)ccc4c3c2)C1C(=O)O. The number of rotatable bonds is 5. The first-order chi connectivity index (χ1) is 15.6. The molecule has 10 heteroatoms. The highest BCUT2D eigenvalue weighted by Gasteiger charge is 2.48. The van der Waals surface area contributed by atoms with Gasteiger partial charge in [-0.25, -0.2) is 8.42 Å². The summed E-state index contributed by atoms with van der Waals surface area (Å²) < 4.78 is 33.3. The number of sulfonamides is 1. The second-order valence-corrected chi connectivity index (χ2v) is 12.7. The number of nitrogens with one attached hydrogen (secondary N) is 1. The number of carboxylic acid groups (broad SMARTS) is 1. The molecule has 2 fully saturated rings. The number of carbonyl (C=O) groups excluding carboxylic acids is 1. The van der Waals surface area contributed by atoms with Crippen molar-refractivity contribution in [3.05, 3.63) is 36.4 Å². The van der Waals surface area contributed by atoms with Crippen molar-refractivity contribution in [3.8, 4) is 0 Å². The van der Waals surface area contributed by atoms with E-state index in [2.05, 4.69) is 5.32 Å². The van der Waals surface area contributed by atoms with E-state index in [9.17, 15) is 23.1 Å². The molecule has 1 aliphatic carbocycles. The first kappa shape index (κ1) is 22.2. The number of nitrogens with zero attached hydrogens (tertiary/aromatic N) is 1. The van der Waals surface area contributed by atoms with Crippen molar-refractivity contribution < 1.29 is 27.5 Å². The van der Waals surface area contributed by atoms with Gasteiger partial charge in [-0.3, -0.25) is 9.59 Å². The Morgan fingerprint density at radius 3 is 2.58 bits per heavy atom. The number of amides is 1. The maximum Gasteiger partial charge on any atom is 0.323 e. The molecule has 8 nitrogen and oxygen atoms in total. The van der Waals surface area contributed by atoms with Crippen LogP contribution < -0.4 is 5.32 Å². The molecule has 2 heterocycles. The number of fused-ring (bicyclic) bond motifs is 3. The topological polar surface area (TPSA) is 117 Å². The zero-order valence-electron chi connectivity index (χ0n) is 18.2. The molecule has 1 atom stereocenters. The lowest BCUT2D eigenvalue weighted by molar-refractivity contribution is -0.142. The number of thioether (sulfide) groups is 1. The van der Waals surface area contributed by atoms with Crippen molar-refractivity contribution in [1.29, 1.82) is 0 Å². The van der Waals surface area contributed by atoms with E-state index >= 15 is 0 Å². The lowest BCUT2D eigenvalue weighted by Gasteiger charge is -2.42. The third-order valence-electron chi connectivity index (χ3n) is 6.23. The summed E-state index contributed by atoms with van der Waals surface area (Å²) in [6.45, 7) is 3.64. The molecule has 1 aliphatic heterocycles. The number of furan rings is 1. The van der Waals surface area contributed by atoms with Gasteiger partial charge in [0.2, 0.25) is 15.9 Å². The summed E-state index contributed by atoms with van der Waals surface area (Å²) in [6, 6.07) is 8.69. The molecule has 2 aromatic carbocycles. The Kier molecular flexibility index (Phi) is 5.22. The predicted molar refractivity (Wildman–Crippen MR) is 127 cm³/mol. The zero-order chi connectivity index (χ0) is 23.5. The summed E-state index contributed by atoms with van der Waals surface area (Å²) in [6.07, 6.45) is 1.82. The lowest BCUT2D eigenvalue weighted by atomic mass is 10.0. The van der Waals surface area contributed by atoms with Gasteiger partial charge in [-0.1, -0.05) is 0 Å². The molecule has 2 N–H and O–H groups in total. The maximum atomic E-state index is 13.5. The first-order valence-electron chi connectivity index (χ1n) is 10.7. The molecule has 0 bridgehead atoms. The van der Waals surface area contributed by atoms with Crippen molar-refractivity contribution in [2.75, 3.05) is 17.6 Å². The quantitative estimate of drug-likeness (QED) is 0.559. The van der Waals surface area contributed by atoms with Crippen LogP contribution in [0.5, 0.6) is 0 Å². The normalized spacial score (nSPS) is 21.3. The average Bonchev–Trinajstić information content (AvgIpc) is 3.53. The average molecular weight is 489 g/mol. The van der Waals surface area contributed by atoms with E-state index in [4.69, 9.17) is 4.42 Å². The van der Waals surface area contributed by atoms with Crippen LogP contribution in [0.25, 0.3) is 21.9 Å². The van der Waals surface area contributed by atoms with Crippen LogP contribution in [-0.2, 0) is 19.6 Å². The molecule has 1 aromatic heterocycles. The van der Waals surface area contributed by atoms with Crippen molar-refractivity contribution in [2.45, 2.75) is 42.4 Å². The molecule has 1 saturated carbocycles. The maximum absolute atomic E-state index is 13.5. The van der Waals surface area contributed by atoms with Gasteiger partial charge in [-0.05, 0) is 57.0 Å². The molecule has 5 rings (SSSR count). The first-order valence-corrected chi connectivity index (χ1v) is 13.2. The molecule has 0 spiro atoms. The molecule has 33 heavy (non-hydrogen) atoms. The van der Waals surface area contributed by atoms with Crippen molar-refractivity contribution in [3.63, 3.8) is 0 Å². The number of hydrogen-bond donors (Lipinski definition) is 2. The van der Waals surface area contributed by atoms with Crippen molar-refractivity contribution >= 4 is 61.3 Å². The summed E-state index contributed by atoms with van der Waals surface area (Å²) in [5.41, 5.74) is 1.68. The highest BCUT2D eigenvalue weighted by molar-refractivity contribution is 8.00. The molecule has 2 aliphatic rings. The Morgan fingerprint density at radius 1 is 1.12 bits per heavy atom. The molecule has 1 saturated heterocycles. The molecule has 0 radical (unpaired) electrons. The summed E-state index contributed by atoms with van der Waals surface area (Å²) in [4.78, 5) is 24.1. The van der Waals surface area contributed by atoms with Gasteiger partial charge in [0, 0.05) is 45.5 Å². The Labute approximate surface area is 195 Å². The van der Waals surface area contributed by atoms with Crippen LogP contribution in [0.1, 0.15) is 26.7 Å². The lowest BCUT2D eigenvalue weighted by Crippen LogP contribution is -2.58. The van der Waals surface area contributed by atoms with Crippen LogP contribution in [0, 0.1) is 5.92 Å². The predicted octanol–water partition coefficient (Wildman–Crippen LogP) is 3.90. The van der Waals surface area contributed by atoms with Crippen LogP contribution in [0.3, 0.4) is 0 Å². The van der Waals surface area contributed by atoms with Crippen LogP contribution in [0.2, 0.25) is 0 Å². The summed E-state index contributed by atoms with van der Waals surface area (Å²) in [7, 11) is -4.05. The fourth-order valence-electron chi connectivity index (χ4n) is 4.35. The summed E-state index contributed by atoms with van der Waals surface area (Å²) in [5, 5.41) is 14.0. The number of hydrogen-bond acceptors (Lipinski definition) is 6. The van der Waals surface area contributed by atoms with Crippen molar-refractivity contribution in [1.82, 2.24) is 4.31 Å². The summed E-state index contributed by atoms with van der Waals surface area (Å²) >= 11 is 1.46. The molecule has 1 amide bonds. The second-order valence-electron chi connectivity index (χ2n) is 9.04. The molecule has 174 valence electrons. The van der Waals surface area contributed by atoms with Gasteiger partial charge in [-0.2, -0.15) is 16.1 Å².